The van der Waals surface area contributed by atoms with Crippen molar-refractivity contribution in [3.63, 3.8) is 0 Å². The fourth-order valence-corrected chi connectivity index (χ4v) is 4.68. The molecular weight excluding hydrogens is 502 g/mol. The Balaban J connectivity index is 1.65. The van der Waals surface area contributed by atoms with Gasteiger partial charge in [-0.1, -0.05) is 47.7 Å². The summed E-state index contributed by atoms with van der Waals surface area (Å²) >= 11 is 0. The fraction of sp³-hybridized carbons (Fsp3) is 0.258. The molecule has 2 heterocycles. The van der Waals surface area contributed by atoms with Gasteiger partial charge in [0, 0.05) is 30.7 Å². The van der Waals surface area contributed by atoms with Crippen molar-refractivity contribution in [2.75, 3.05) is 23.9 Å². The second-order valence-electron chi connectivity index (χ2n) is 11.0. The van der Waals surface area contributed by atoms with Gasteiger partial charge in [0.1, 0.15) is 18.1 Å². The van der Waals surface area contributed by atoms with Gasteiger partial charge in [0.15, 0.2) is 0 Å². The maximum Gasteiger partial charge on any atom is 0.249 e. The predicted molar refractivity (Wildman–Crippen MR) is 158 cm³/mol. The number of aromatic nitrogens is 4. The molecule has 0 aliphatic rings. The third kappa shape index (κ3) is 5.63. The molecule has 5 rings (SSSR count). The first kappa shape index (κ1) is 26.8. The standard InChI is InChI=1S/C31H33N7O2/c1-31(2,3)33-30(40)29(21-14-16-23(17-15-21)36(4)5)38(24-18-22-10-6-7-11-25(22)32-19-24)28(39)20-37-27-13-9-8-12-26(27)34-35-37/h6-19,29H,20H2,1-5H3,(H,33,40). The van der Waals surface area contributed by atoms with Crippen LogP contribution in [0.5, 0.6) is 0 Å². The molecule has 0 saturated heterocycles. The number of para-hydroxylation sites is 2. The summed E-state index contributed by atoms with van der Waals surface area (Å²) in [6, 6.07) is 23.8. The van der Waals surface area contributed by atoms with E-state index in [0.717, 1.165) is 22.1 Å². The summed E-state index contributed by atoms with van der Waals surface area (Å²) in [6.07, 6.45) is 1.64. The summed E-state index contributed by atoms with van der Waals surface area (Å²) in [5, 5.41) is 12.4. The van der Waals surface area contributed by atoms with Crippen molar-refractivity contribution in [2.24, 2.45) is 0 Å². The van der Waals surface area contributed by atoms with Gasteiger partial charge in [-0.25, -0.2) is 4.68 Å². The lowest BCUT2D eigenvalue weighted by Crippen LogP contribution is -2.50. The van der Waals surface area contributed by atoms with Gasteiger partial charge in [-0.3, -0.25) is 19.5 Å². The molecule has 1 atom stereocenters. The van der Waals surface area contributed by atoms with Crippen LogP contribution in [-0.2, 0) is 16.1 Å². The molecule has 40 heavy (non-hydrogen) atoms. The molecule has 5 aromatic rings. The summed E-state index contributed by atoms with van der Waals surface area (Å²) in [5.41, 5.74) is 3.88. The van der Waals surface area contributed by atoms with E-state index >= 15 is 0 Å². The lowest BCUT2D eigenvalue weighted by molar-refractivity contribution is -0.128. The van der Waals surface area contributed by atoms with Crippen molar-refractivity contribution >= 4 is 45.1 Å². The fourth-order valence-electron chi connectivity index (χ4n) is 4.68. The topological polar surface area (TPSA) is 96.2 Å². The highest BCUT2D eigenvalue weighted by Crippen LogP contribution is 2.31. The molecule has 0 spiro atoms. The Bertz CT molecular complexity index is 1670. The molecule has 0 radical (unpaired) electrons. The van der Waals surface area contributed by atoms with E-state index < -0.39 is 11.6 Å². The van der Waals surface area contributed by atoms with Crippen LogP contribution in [0.4, 0.5) is 11.4 Å². The summed E-state index contributed by atoms with van der Waals surface area (Å²) in [5.74, 6) is -0.617. The average molecular weight is 536 g/mol. The highest BCUT2D eigenvalue weighted by atomic mass is 16.2. The molecule has 0 bridgehead atoms. The minimum Gasteiger partial charge on any atom is -0.378 e. The van der Waals surface area contributed by atoms with E-state index in [1.807, 2.05) is 119 Å². The summed E-state index contributed by atoms with van der Waals surface area (Å²) in [4.78, 5) is 36.4. The summed E-state index contributed by atoms with van der Waals surface area (Å²) in [6.45, 7) is 5.65. The number of nitrogens with zero attached hydrogens (tertiary/aromatic N) is 6. The van der Waals surface area contributed by atoms with E-state index in [-0.39, 0.29) is 18.4 Å². The van der Waals surface area contributed by atoms with Gasteiger partial charge in [-0.05, 0) is 62.7 Å². The van der Waals surface area contributed by atoms with Crippen LogP contribution >= 0.6 is 0 Å². The second-order valence-corrected chi connectivity index (χ2v) is 11.0. The van der Waals surface area contributed by atoms with E-state index in [2.05, 4.69) is 20.6 Å². The Labute approximate surface area is 233 Å². The molecule has 204 valence electrons. The molecular formula is C31H33N7O2. The lowest BCUT2D eigenvalue weighted by atomic mass is 10.00. The van der Waals surface area contributed by atoms with Gasteiger partial charge < -0.3 is 10.2 Å². The smallest absolute Gasteiger partial charge is 0.249 e. The third-order valence-electron chi connectivity index (χ3n) is 6.56. The Morgan fingerprint density at radius 3 is 2.27 bits per heavy atom. The summed E-state index contributed by atoms with van der Waals surface area (Å²) < 4.78 is 1.56. The van der Waals surface area contributed by atoms with Crippen molar-refractivity contribution in [2.45, 2.75) is 38.9 Å². The van der Waals surface area contributed by atoms with Crippen LogP contribution in [0.2, 0.25) is 0 Å². The lowest BCUT2D eigenvalue weighted by Gasteiger charge is -2.34. The average Bonchev–Trinajstić information content (AvgIpc) is 3.33. The number of hydrogen-bond donors (Lipinski definition) is 1. The van der Waals surface area contributed by atoms with Crippen LogP contribution in [0.15, 0.2) is 85.1 Å². The molecule has 0 saturated carbocycles. The molecule has 0 aliphatic heterocycles. The first-order valence-corrected chi connectivity index (χ1v) is 13.1. The van der Waals surface area contributed by atoms with Gasteiger partial charge in [0.25, 0.3) is 0 Å². The summed E-state index contributed by atoms with van der Waals surface area (Å²) in [7, 11) is 3.91. The molecule has 2 aromatic heterocycles. The Morgan fingerprint density at radius 1 is 0.900 bits per heavy atom. The molecule has 0 fully saturated rings. The van der Waals surface area contributed by atoms with Crippen LogP contribution in [0.1, 0.15) is 32.4 Å². The largest absolute Gasteiger partial charge is 0.378 e. The number of pyridine rings is 1. The minimum absolute atomic E-state index is 0.109. The predicted octanol–water partition coefficient (Wildman–Crippen LogP) is 4.73. The van der Waals surface area contributed by atoms with Crippen LogP contribution in [0.3, 0.4) is 0 Å². The monoisotopic (exact) mass is 535 g/mol. The quantitative estimate of drug-likeness (QED) is 0.324. The van der Waals surface area contributed by atoms with Crippen LogP contribution < -0.4 is 15.1 Å². The third-order valence-corrected chi connectivity index (χ3v) is 6.56. The Morgan fingerprint density at radius 2 is 1.57 bits per heavy atom. The number of fused-ring (bicyclic) bond motifs is 2. The Kier molecular flexibility index (Phi) is 7.21. The van der Waals surface area contributed by atoms with Crippen molar-refractivity contribution < 1.29 is 9.59 Å². The van der Waals surface area contributed by atoms with Crippen molar-refractivity contribution in [1.29, 1.82) is 0 Å². The van der Waals surface area contributed by atoms with E-state index in [9.17, 15) is 9.59 Å². The molecule has 0 aliphatic carbocycles. The van der Waals surface area contributed by atoms with Gasteiger partial charge in [0.2, 0.25) is 11.8 Å². The Hall–Kier alpha value is -4.79. The maximum absolute atomic E-state index is 14.3. The number of hydrogen-bond acceptors (Lipinski definition) is 6. The number of anilines is 2. The van der Waals surface area contributed by atoms with Crippen molar-refractivity contribution in [3.8, 4) is 0 Å². The van der Waals surface area contributed by atoms with Crippen molar-refractivity contribution in [1.82, 2.24) is 25.3 Å². The number of carbonyl (C=O) groups excluding carboxylic acids is 2. The zero-order chi connectivity index (χ0) is 28.4. The normalized spacial score (nSPS) is 12.3. The zero-order valence-corrected chi connectivity index (χ0v) is 23.4. The molecule has 2 amide bonds. The maximum atomic E-state index is 14.3. The number of carbonyl (C=O) groups is 2. The minimum atomic E-state index is -0.958. The van der Waals surface area contributed by atoms with E-state index in [1.54, 1.807) is 10.9 Å². The molecule has 1 unspecified atom stereocenters. The van der Waals surface area contributed by atoms with Crippen LogP contribution in [0, 0.1) is 0 Å². The van der Waals surface area contributed by atoms with Crippen LogP contribution in [0.25, 0.3) is 21.9 Å². The SMILES string of the molecule is CN(C)c1ccc(C(C(=O)NC(C)(C)C)N(C(=O)Cn2nnc3ccccc32)c2cnc3ccccc3c2)cc1. The highest BCUT2D eigenvalue weighted by Gasteiger charge is 2.35. The van der Waals surface area contributed by atoms with Crippen LogP contribution in [-0.4, -0.2) is 51.4 Å². The van der Waals surface area contributed by atoms with E-state index in [1.165, 1.54) is 4.90 Å². The number of amides is 2. The van der Waals surface area contributed by atoms with E-state index in [4.69, 9.17) is 0 Å². The van der Waals surface area contributed by atoms with Gasteiger partial charge in [-0.2, -0.15) is 0 Å². The van der Waals surface area contributed by atoms with Gasteiger partial charge in [0.05, 0.1) is 22.9 Å². The molecule has 3 aromatic carbocycles. The first-order chi connectivity index (χ1) is 19.1. The number of rotatable bonds is 7. The van der Waals surface area contributed by atoms with Gasteiger partial charge in [-0.15, -0.1) is 5.10 Å². The number of benzene rings is 3. The molecule has 1 N–H and O–H groups in total. The van der Waals surface area contributed by atoms with E-state index in [0.29, 0.717) is 16.8 Å². The number of nitrogens with one attached hydrogen (secondary N) is 1. The first-order valence-electron chi connectivity index (χ1n) is 13.1. The second kappa shape index (κ2) is 10.8. The van der Waals surface area contributed by atoms with Gasteiger partial charge >= 0.3 is 0 Å². The zero-order valence-electron chi connectivity index (χ0n) is 23.4. The molecule has 9 nitrogen and oxygen atoms in total. The molecule has 9 heteroatoms. The highest BCUT2D eigenvalue weighted by molar-refractivity contribution is 6.02. The van der Waals surface area contributed by atoms with Crippen molar-refractivity contribution in [3.05, 3.63) is 90.6 Å².